The third-order valence-corrected chi connectivity index (χ3v) is 4.25. The monoisotopic (exact) mass is 414 g/mol. The number of benzene rings is 2. The summed E-state index contributed by atoms with van der Waals surface area (Å²) in [6, 6.07) is 15.1. The Hall–Kier alpha value is -2.93. The predicted octanol–water partition coefficient (Wildman–Crippen LogP) is 3.81. The van der Waals surface area contributed by atoms with E-state index >= 15 is 0 Å². The molecule has 0 saturated carbocycles. The van der Waals surface area contributed by atoms with Crippen LogP contribution in [0.15, 0.2) is 63.7 Å². The van der Waals surface area contributed by atoms with Crippen LogP contribution in [0.25, 0.3) is 22.7 Å². The van der Waals surface area contributed by atoms with Crippen molar-refractivity contribution in [3.8, 4) is 22.7 Å². The van der Waals surface area contributed by atoms with Gasteiger partial charge in [-0.3, -0.25) is 9.59 Å². The zero-order chi connectivity index (χ0) is 18.5. The molecule has 26 heavy (non-hydrogen) atoms. The van der Waals surface area contributed by atoms with Gasteiger partial charge in [0.2, 0.25) is 12.3 Å². The Morgan fingerprint density at radius 3 is 2.38 bits per heavy atom. The highest BCUT2D eigenvalue weighted by Gasteiger charge is 2.10. The van der Waals surface area contributed by atoms with Gasteiger partial charge in [0.15, 0.2) is 0 Å². The number of hydrogen-bond donors (Lipinski definition) is 1. The zero-order valence-corrected chi connectivity index (χ0v) is 15.2. The molecule has 2 aromatic carbocycles. The highest BCUT2D eigenvalue weighted by Crippen LogP contribution is 2.26. The summed E-state index contributed by atoms with van der Waals surface area (Å²) in [5.74, 6) is -0.512. The highest BCUT2D eigenvalue weighted by atomic mass is 79.9. The normalized spacial score (nSPS) is 10.5. The van der Waals surface area contributed by atoms with Gasteiger partial charge in [-0.1, -0.05) is 40.2 Å². The van der Waals surface area contributed by atoms with Gasteiger partial charge in [0.05, 0.1) is 0 Å². The first kappa shape index (κ1) is 17.9. The molecular weight excluding hydrogens is 400 g/mol. The highest BCUT2D eigenvalue weighted by molar-refractivity contribution is 9.10. The first-order valence-corrected chi connectivity index (χ1v) is 8.56. The Bertz CT molecular complexity index is 904. The van der Waals surface area contributed by atoms with Crippen molar-refractivity contribution in [2.45, 2.75) is 6.54 Å². The molecular formula is C19H15BrN2O4. The van der Waals surface area contributed by atoms with E-state index in [1.54, 1.807) is 6.26 Å². The average Bonchev–Trinajstić information content (AvgIpc) is 3.12. The van der Waals surface area contributed by atoms with Crippen LogP contribution in [0.1, 0.15) is 5.56 Å². The van der Waals surface area contributed by atoms with Gasteiger partial charge >= 0.3 is 5.97 Å². The van der Waals surface area contributed by atoms with Crippen molar-refractivity contribution >= 4 is 28.3 Å². The van der Waals surface area contributed by atoms with Gasteiger partial charge in [0, 0.05) is 22.1 Å². The van der Waals surface area contributed by atoms with Crippen molar-refractivity contribution in [2.75, 3.05) is 6.54 Å². The number of oxazole rings is 1. The van der Waals surface area contributed by atoms with Crippen LogP contribution in [0.3, 0.4) is 0 Å². The lowest BCUT2D eigenvalue weighted by Crippen LogP contribution is -2.27. The number of aromatic nitrogens is 1. The Balaban J connectivity index is 1.73. The standard InChI is InChI=1S/C19H15BrN2O4/c20-16-7-5-15(6-8-16)19-21-17(11-26-19)14-3-1-13(2-4-14)9-22(12-23)10-18(24)25/h1-8,11-12H,9-10H2,(H,24,25). The quantitative estimate of drug-likeness (QED) is 0.594. The summed E-state index contributed by atoms with van der Waals surface area (Å²) in [4.78, 5) is 27.3. The number of carbonyl (C=O) groups is 2. The molecule has 0 bridgehead atoms. The van der Waals surface area contributed by atoms with Crippen LogP contribution in [0, 0.1) is 0 Å². The molecule has 0 aliphatic rings. The van der Waals surface area contributed by atoms with Crippen molar-refractivity contribution in [1.29, 1.82) is 0 Å². The Morgan fingerprint density at radius 1 is 1.12 bits per heavy atom. The van der Waals surface area contributed by atoms with E-state index in [1.165, 1.54) is 4.90 Å². The second-order valence-electron chi connectivity index (χ2n) is 5.65. The van der Waals surface area contributed by atoms with Crippen molar-refractivity contribution in [1.82, 2.24) is 9.88 Å². The van der Waals surface area contributed by atoms with Gasteiger partial charge in [0.1, 0.15) is 18.5 Å². The summed E-state index contributed by atoms with van der Waals surface area (Å²) in [5.41, 5.74) is 3.29. The lowest BCUT2D eigenvalue weighted by atomic mass is 10.1. The van der Waals surface area contributed by atoms with Crippen molar-refractivity contribution in [3.05, 3.63) is 64.8 Å². The van der Waals surface area contributed by atoms with E-state index in [1.807, 2.05) is 48.5 Å². The zero-order valence-electron chi connectivity index (χ0n) is 13.6. The largest absolute Gasteiger partial charge is 0.480 e. The van der Waals surface area contributed by atoms with Crippen molar-refractivity contribution < 1.29 is 19.1 Å². The summed E-state index contributed by atoms with van der Waals surface area (Å²) in [6.45, 7) is -0.0931. The predicted molar refractivity (Wildman–Crippen MR) is 99.2 cm³/mol. The van der Waals surface area contributed by atoms with Gasteiger partial charge in [0.25, 0.3) is 0 Å². The van der Waals surface area contributed by atoms with Crippen LogP contribution in [0.5, 0.6) is 0 Å². The molecule has 7 heteroatoms. The summed E-state index contributed by atoms with van der Waals surface area (Å²) >= 11 is 3.39. The van der Waals surface area contributed by atoms with E-state index < -0.39 is 5.97 Å². The first-order chi connectivity index (χ1) is 12.5. The SMILES string of the molecule is O=CN(CC(=O)O)Cc1ccc(-c2coc(-c3ccc(Br)cc3)n2)cc1. The van der Waals surface area contributed by atoms with E-state index in [4.69, 9.17) is 9.52 Å². The van der Waals surface area contributed by atoms with Crippen LogP contribution in [0.4, 0.5) is 0 Å². The fraction of sp³-hybridized carbons (Fsp3) is 0.105. The van der Waals surface area contributed by atoms with E-state index in [2.05, 4.69) is 20.9 Å². The Labute approximate surface area is 158 Å². The molecule has 1 N–H and O–H groups in total. The smallest absolute Gasteiger partial charge is 0.323 e. The second kappa shape index (κ2) is 7.97. The molecule has 0 spiro atoms. The van der Waals surface area contributed by atoms with E-state index in [0.717, 1.165) is 21.2 Å². The summed E-state index contributed by atoms with van der Waals surface area (Å²) in [5, 5.41) is 8.78. The molecule has 1 amide bonds. The molecule has 1 heterocycles. The lowest BCUT2D eigenvalue weighted by Gasteiger charge is -2.14. The van der Waals surface area contributed by atoms with Crippen LogP contribution in [-0.4, -0.2) is 33.9 Å². The van der Waals surface area contributed by atoms with Crippen molar-refractivity contribution in [2.24, 2.45) is 0 Å². The molecule has 6 nitrogen and oxygen atoms in total. The second-order valence-corrected chi connectivity index (χ2v) is 6.56. The molecule has 132 valence electrons. The van der Waals surface area contributed by atoms with Crippen molar-refractivity contribution in [3.63, 3.8) is 0 Å². The molecule has 3 aromatic rings. The van der Waals surface area contributed by atoms with Gasteiger partial charge in [-0.05, 0) is 29.8 Å². The van der Waals surface area contributed by atoms with Crippen LogP contribution in [-0.2, 0) is 16.1 Å². The fourth-order valence-electron chi connectivity index (χ4n) is 2.45. The average molecular weight is 415 g/mol. The van der Waals surface area contributed by atoms with E-state index in [-0.39, 0.29) is 13.1 Å². The van der Waals surface area contributed by atoms with Gasteiger partial charge in [-0.2, -0.15) is 0 Å². The maximum atomic E-state index is 10.9. The molecule has 0 aliphatic carbocycles. The maximum absolute atomic E-state index is 10.9. The molecule has 0 fully saturated rings. The Morgan fingerprint density at radius 2 is 1.77 bits per heavy atom. The number of aliphatic carboxylic acids is 1. The number of amides is 1. The molecule has 0 unspecified atom stereocenters. The molecule has 0 atom stereocenters. The minimum absolute atomic E-state index is 0.235. The summed E-state index contributed by atoms with van der Waals surface area (Å²) in [6.07, 6.45) is 2.12. The third-order valence-electron chi connectivity index (χ3n) is 3.72. The topological polar surface area (TPSA) is 83.6 Å². The molecule has 0 radical (unpaired) electrons. The lowest BCUT2D eigenvalue weighted by molar-refractivity contribution is -0.141. The number of halogens is 1. The molecule has 3 rings (SSSR count). The minimum atomic E-state index is -1.04. The Kier molecular flexibility index (Phi) is 5.48. The number of hydrogen-bond acceptors (Lipinski definition) is 4. The molecule has 1 aromatic heterocycles. The van der Waals surface area contributed by atoms with Gasteiger partial charge in [-0.15, -0.1) is 0 Å². The minimum Gasteiger partial charge on any atom is -0.480 e. The molecule has 0 aliphatic heterocycles. The number of rotatable bonds is 7. The van der Waals surface area contributed by atoms with Crippen LogP contribution in [0.2, 0.25) is 0 Å². The van der Waals surface area contributed by atoms with E-state index in [9.17, 15) is 9.59 Å². The van der Waals surface area contributed by atoms with Crippen LogP contribution >= 0.6 is 15.9 Å². The van der Waals surface area contributed by atoms with Gasteiger partial charge in [-0.25, -0.2) is 4.98 Å². The first-order valence-electron chi connectivity index (χ1n) is 7.77. The van der Waals surface area contributed by atoms with Gasteiger partial charge < -0.3 is 14.4 Å². The molecule has 0 saturated heterocycles. The van der Waals surface area contributed by atoms with E-state index in [0.29, 0.717) is 18.0 Å². The maximum Gasteiger partial charge on any atom is 0.323 e. The summed E-state index contributed by atoms with van der Waals surface area (Å²) in [7, 11) is 0. The number of nitrogens with zero attached hydrogens (tertiary/aromatic N) is 2. The number of carboxylic acids is 1. The number of carboxylic acid groups (broad SMARTS) is 1. The number of carbonyl (C=O) groups excluding carboxylic acids is 1. The fourth-order valence-corrected chi connectivity index (χ4v) is 2.72. The van der Waals surface area contributed by atoms with Crippen LogP contribution < -0.4 is 0 Å². The third kappa shape index (κ3) is 4.37. The summed E-state index contributed by atoms with van der Waals surface area (Å²) < 4.78 is 6.54.